The van der Waals surface area contributed by atoms with Crippen molar-refractivity contribution in [1.29, 1.82) is 0 Å². The second kappa shape index (κ2) is 15.8. The molecule has 4 aliphatic carbocycles. The number of hydrogen-bond acceptors (Lipinski definition) is 17. The molecule has 57 heavy (non-hydrogen) atoms. The molecule has 0 aromatic rings. The number of carbonyl (C=O) groups is 1. The predicted molar refractivity (Wildman–Crippen MR) is 191 cm³/mol. The third kappa shape index (κ3) is 6.93. The Kier molecular flexibility index (Phi) is 12.1. The molecule has 3 aliphatic heterocycles. The largest absolute Gasteiger partial charge is 0.481 e. The first kappa shape index (κ1) is 43.7. The Labute approximate surface area is 330 Å². The molecule has 0 bridgehead atoms. The zero-order chi connectivity index (χ0) is 41.6. The first-order chi connectivity index (χ1) is 26.8. The van der Waals surface area contributed by atoms with E-state index in [1.165, 1.54) is 0 Å². The Morgan fingerprint density at radius 3 is 1.75 bits per heavy atom. The van der Waals surface area contributed by atoms with Gasteiger partial charge >= 0.3 is 5.97 Å². The maximum Gasteiger partial charge on any atom is 0.309 e. The smallest absolute Gasteiger partial charge is 0.309 e. The van der Waals surface area contributed by atoms with Gasteiger partial charge in [0.25, 0.3) is 0 Å². The summed E-state index contributed by atoms with van der Waals surface area (Å²) in [5.74, 6) is -0.376. The lowest BCUT2D eigenvalue weighted by Crippen LogP contribution is -2.72. The number of hydrogen-bond donors (Lipinski definition) is 11. The molecule has 16 unspecified atom stereocenters. The van der Waals surface area contributed by atoms with E-state index in [0.29, 0.717) is 24.8 Å². The van der Waals surface area contributed by atoms with Crippen molar-refractivity contribution in [1.82, 2.24) is 0 Å². The maximum atomic E-state index is 12.7. The molecule has 22 atom stereocenters. The van der Waals surface area contributed by atoms with Gasteiger partial charge in [-0.15, -0.1) is 0 Å². The fraction of sp³-hybridized carbons (Fsp3) is 0.923. The molecule has 4 saturated carbocycles. The van der Waals surface area contributed by atoms with Crippen LogP contribution in [0.5, 0.6) is 0 Å². The van der Waals surface area contributed by atoms with Crippen LogP contribution in [0, 0.1) is 34.0 Å². The van der Waals surface area contributed by atoms with Gasteiger partial charge in [-0.1, -0.05) is 19.9 Å². The van der Waals surface area contributed by atoms with Crippen LogP contribution in [0.15, 0.2) is 12.2 Å². The molecule has 3 heterocycles. The van der Waals surface area contributed by atoms with Crippen LogP contribution in [0.2, 0.25) is 0 Å². The average molecular weight is 819 g/mol. The Morgan fingerprint density at radius 1 is 0.702 bits per heavy atom. The van der Waals surface area contributed by atoms with E-state index in [-0.39, 0.29) is 28.6 Å². The summed E-state index contributed by atoms with van der Waals surface area (Å²) in [6.07, 6.45) is -19.9. The zero-order valence-corrected chi connectivity index (χ0v) is 32.7. The van der Waals surface area contributed by atoms with E-state index in [1.807, 2.05) is 13.8 Å². The molecule has 0 amide bonds. The van der Waals surface area contributed by atoms with Gasteiger partial charge in [-0.25, -0.2) is 0 Å². The summed E-state index contributed by atoms with van der Waals surface area (Å²) < 4.78 is 36.9. The van der Waals surface area contributed by atoms with Crippen molar-refractivity contribution in [3.63, 3.8) is 0 Å². The van der Waals surface area contributed by atoms with Crippen molar-refractivity contribution in [3.05, 3.63) is 12.2 Å². The molecule has 18 heteroatoms. The molecule has 11 N–H and O–H groups in total. The highest BCUT2D eigenvalue weighted by Gasteiger charge is 2.73. The molecule has 0 radical (unpaired) electrons. The molecule has 0 aromatic carbocycles. The fourth-order valence-electron chi connectivity index (χ4n) is 12.6. The maximum absolute atomic E-state index is 12.7. The summed E-state index contributed by atoms with van der Waals surface area (Å²) in [6.45, 7) is 7.96. The predicted octanol–water partition coefficient (Wildman–Crippen LogP) is -2.13. The van der Waals surface area contributed by atoms with Gasteiger partial charge < -0.3 is 84.6 Å². The van der Waals surface area contributed by atoms with Gasteiger partial charge in [-0.2, -0.15) is 0 Å². The number of carboxylic acid groups (broad SMARTS) is 1. The van der Waals surface area contributed by atoms with Crippen LogP contribution in [-0.2, 0) is 33.2 Å². The second-order valence-corrected chi connectivity index (χ2v) is 18.6. The minimum atomic E-state index is -1.92. The first-order valence-corrected chi connectivity index (χ1v) is 20.2. The summed E-state index contributed by atoms with van der Waals surface area (Å²) >= 11 is 0. The zero-order valence-electron chi connectivity index (χ0n) is 32.7. The summed E-state index contributed by atoms with van der Waals surface area (Å²) in [6, 6.07) is 0. The van der Waals surface area contributed by atoms with E-state index < -0.39 is 129 Å². The monoisotopic (exact) mass is 818 g/mol. The van der Waals surface area contributed by atoms with Crippen LogP contribution in [0.3, 0.4) is 0 Å². The number of rotatable bonds is 11. The number of aliphatic hydroxyl groups excluding tert-OH is 10. The van der Waals surface area contributed by atoms with Crippen molar-refractivity contribution in [2.75, 3.05) is 19.8 Å². The molecule has 18 nitrogen and oxygen atoms in total. The number of ether oxygens (including phenoxy) is 6. The van der Waals surface area contributed by atoms with E-state index in [9.17, 15) is 61.0 Å². The molecular formula is C39H62O18. The van der Waals surface area contributed by atoms with Crippen LogP contribution in [0.1, 0.15) is 72.1 Å². The lowest BCUT2D eigenvalue weighted by molar-refractivity contribution is -0.403. The number of aliphatic hydroxyl groups is 10. The second-order valence-electron chi connectivity index (χ2n) is 18.6. The quantitative estimate of drug-likeness (QED) is 0.0784. The Bertz CT molecular complexity index is 1480. The van der Waals surface area contributed by atoms with Gasteiger partial charge in [0, 0.05) is 0 Å². The fourth-order valence-corrected chi connectivity index (χ4v) is 12.6. The standard InChI is InChI=1S/C39H62O18/c1-16(2)39(11-17-10-38-8-5-7-37(4,35(50)51)21(38)6-9-36(3,15-39)31(17)38)57-34-30(56-33-28(49)26(47)23(44)19(13-41)53-33)29(24(45)20(14-42)54-34)55-32-27(48)25(46)22(43)18(12-40)52-32/h17-34,40-49H,1,5-15H2,2-4H3,(H,50,51)/t17?,18?,19?,20?,21-,22?,23?,24?,25?,26?,27?,28?,29?,30?,31-,32?,33?,34?,36+,37-,38+,39+/m1/s1. The molecule has 326 valence electrons. The number of aliphatic carboxylic acids is 1. The summed E-state index contributed by atoms with van der Waals surface area (Å²) in [5.41, 5.74) is -1.75. The van der Waals surface area contributed by atoms with E-state index in [0.717, 1.165) is 32.1 Å². The van der Waals surface area contributed by atoms with E-state index in [4.69, 9.17) is 28.4 Å². The van der Waals surface area contributed by atoms with Crippen LogP contribution < -0.4 is 0 Å². The van der Waals surface area contributed by atoms with Gasteiger partial charge in [0.15, 0.2) is 18.9 Å². The summed E-state index contributed by atoms with van der Waals surface area (Å²) in [4.78, 5) is 12.7. The lowest BCUT2D eigenvalue weighted by atomic mass is 9.29. The molecule has 7 rings (SSSR count). The van der Waals surface area contributed by atoms with Crippen molar-refractivity contribution in [2.45, 2.75) is 170 Å². The minimum Gasteiger partial charge on any atom is -0.481 e. The minimum absolute atomic E-state index is 0.0361. The Balaban J connectivity index is 1.23. The molecule has 1 spiro atoms. The highest BCUT2D eigenvalue weighted by Crippen LogP contribution is 2.78. The summed E-state index contributed by atoms with van der Waals surface area (Å²) in [5, 5.41) is 116. The van der Waals surface area contributed by atoms with Crippen molar-refractivity contribution in [2.24, 2.45) is 34.0 Å². The highest BCUT2D eigenvalue weighted by atomic mass is 16.8. The topological polar surface area (TPSA) is 295 Å². The van der Waals surface area contributed by atoms with Crippen molar-refractivity contribution < 1.29 is 89.4 Å². The Hall–Kier alpha value is -1.43. The molecular weight excluding hydrogens is 756 g/mol. The normalized spacial score (nSPS) is 54.9. The van der Waals surface area contributed by atoms with Gasteiger partial charge in [-0.05, 0) is 93.0 Å². The SMILES string of the molecule is C=C(C)[C@]1(OC2OC(CO)C(O)C(OC3OC(CO)C(O)C(O)C3O)C2OC2OC(CO)C(O)C(O)C2O)CC2C[C@@]34CCC[C@@](C)(C(=O)O)[C@H]3CC[C@@](C)(C1)[C@@H]24. The Morgan fingerprint density at radius 2 is 1.23 bits per heavy atom. The lowest BCUT2D eigenvalue weighted by Gasteiger charge is -2.75. The first-order valence-electron chi connectivity index (χ1n) is 20.2. The van der Waals surface area contributed by atoms with Gasteiger partial charge in [0.1, 0.15) is 73.2 Å². The van der Waals surface area contributed by atoms with E-state index in [1.54, 1.807) is 0 Å². The van der Waals surface area contributed by atoms with Crippen LogP contribution in [0.4, 0.5) is 0 Å². The van der Waals surface area contributed by atoms with Crippen molar-refractivity contribution in [3.8, 4) is 0 Å². The average Bonchev–Trinajstić information content (AvgIpc) is 3.15. The highest BCUT2D eigenvalue weighted by molar-refractivity contribution is 5.75. The van der Waals surface area contributed by atoms with E-state index in [2.05, 4.69) is 13.5 Å². The van der Waals surface area contributed by atoms with E-state index >= 15 is 0 Å². The number of carboxylic acids is 1. The third-order valence-electron chi connectivity index (χ3n) is 15.3. The molecule has 7 aliphatic rings. The van der Waals surface area contributed by atoms with Gasteiger partial charge in [0.2, 0.25) is 0 Å². The molecule has 7 fully saturated rings. The van der Waals surface area contributed by atoms with Crippen LogP contribution >= 0.6 is 0 Å². The summed E-state index contributed by atoms with van der Waals surface area (Å²) in [7, 11) is 0. The van der Waals surface area contributed by atoms with Crippen LogP contribution in [0.25, 0.3) is 0 Å². The van der Waals surface area contributed by atoms with Gasteiger partial charge in [-0.3, -0.25) is 4.79 Å². The van der Waals surface area contributed by atoms with Gasteiger partial charge in [0.05, 0.1) is 30.8 Å². The third-order valence-corrected chi connectivity index (χ3v) is 15.3. The van der Waals surface area contributed by atoms with Crippen molar-refractivity contribution >= 4 is 5.97 Å². The molecule has 3 saturated heterocycles. The molecule has 0 aromatic heterocycles. The van der Waals surface area contributed by atoms with Crippen LogP contribution in [-0.4, -0.2) is 180 Å².